The molecule has 0 bridgehead atoms. The molecule has 1 aliphatic heterocycles. The number of aliphatic hydroxyl groups excluding tert-OH is 1. The van der Waals surface area contributed by atoms with E-state index >= 15 is 0 Å². The van der Waals surface area contributed by atoms with Crippen LogP contribution in [0.2, 0.25) is 0 Å². The molecule has 6 heteroatoms. The molecule has 0 radical (unpaired) electrons. The van der Waals surface area contributed by atoms with Gasteiger partial charge in [0.2, 0.25) is 0 Å². The van der Waals surface area contributed by atoms with Crippen molar-refractivity contribution in [1.29, 1.82) is 0 Å². The molecule has 2 N–H and O–H groups in total. The topological polar surface area (TPSA) is 70.5 Å². The lowest BCUT2D eigenvalue weighted by molar-refractivity contribution is 0.242. The fourth-order valence-corrected chi connectivity index (χ4v) is 3.63. The summed E-state index contributed by atoms with van der Waals surface area (Å²) in [4.78, 5) is 11.5. The number of benzene rings is 1. The van der Waals surface area contributed by atoms with Gasteiger partial charge in [-0.2, -0.15) is 0 Å². The molecule has 2 heterocycles. The summed E-state index contributed by atoms with van der Waals surface area (Å²) < 4.78 is 5.58. The molecular formula is C20H28N4O2. The van der Waals surface area contributed by atoms with Crippen LogP contribution in [0.4, 0.5) is 5.82 Å². The SMILES string of the molecule is CCOc1ccc(CN2CCC[C@H]2c2cc(NC)nc(C)n2)cc1CO. The largest absolute Gasteiger partial charge is 0.494 e. The van der Waals surface area contributed by atoms with Crippen LogP contribution in [-0.2, 0) is 13.2 Å². The molecular weight excluding hydrogens is 328 g/mol. The zero-order valence-corrected chi connectivity index (χ0v) is 15.8. The van der Waals surface area contributed by atoms with Crippen LogP contribution in [0.25, 0.3) is 0 Å². The molecule has 140 valence electrons. The van der Waals surface area contributed by atoms with Crippen molar-refractivity contribution in [2.45, 2.75) is 45.9 Å². The van der Waals surface area contributed by atoms with E-state index < -0.39 is 0 Å². The smallest absolute Gasteiger partial charge is 0.129 e. The van der Waals surface area contributed by atoms with Crippen LogP contribution in [0.5, 0.6) is 5.75 Å². The normalized spacial score (nSPS) is 17.5. The van der Waals surface area contributed by atoms with Gasteiger partial charge in [0.25, 0.3) is 0 Å². The van der Waals surface area contributed by atoms with Crippen LogP contribution >= 0.6 is 0 Å². The summed E-state index contributed by atoms with van der Waals surface area (Å²) in [5.41, 5.74) is 3.10. The predicted molar refractivity (Wildman–Crippen MR) is 102 cm³/mol. The Morgan fingerprint density at radius 3 is 2.88 bits per heavy atom. The van der Waals surface area contributed by atoms with Gasteiger partial charge in [-0.25, -0.2) is 9.97 Å². The lowest BCUT2D eigenvalue weighted by atomic mass is 10.1. The van der Waals surface area contributed by atoms with Crippen molar-refractivity contribution in [3.8, 4) is 5.75 Å². The number of hydrogen-bond acceptors (Lipinski definition) is 6. The van der Waals surface area contributed by atoms with Crippen molar-refractivity contribution in [3.05, 3.63) is 46.9 Å². The fraction of sp³-hybridized carbons (Fsp3) is 0.500. The molecule has 0 aliphatic carbocycles. The Labute approximate surface area is 155 Å². The monoisotopic (exact) mass is 356 g/mol. The van der Waals surface area contributed by atoms with Crippen LogP contribution in [0.3, 0.4) is 0 Å². The van der Waals surface area contributed by atoms with Gasteiger partial charge in [0.1, 0.15) is 17.4 Å². The summed E-state index contributed by atoms with van der Waals surface area (Å²) in [6, 6.07) is 8.44. The van der Waals surface area contributed by atoms with Gasteiger partial charge in [-0.1, -0.05) is 6.07 Å². The maximum absolute atomic E-state index is 9.63. The highest BCUT2D eigenvalue weighted by Crippen LogP contribution is 2.33. The van der Waals surface area contributed by atoms with Crippen LogP contribution in [0, 0.1) is 6.92 Å². The molecule has 1 aliphatic rings. The number of ether oxygens (including phenoxy) is 1. The Morgan fingerprint density at radius 1 is 1.31 bits per heavy atom. The molecule has 0 spiro atoms. The van der Waals surface area contributed by atoms with E-state index in [0.29, 0.717) is 12.6 Å². The molecule has 1 saturated heterocycles. The molecule has 6 nitrogen and oxygen atoms in total. The van der Waals surface area contributed by atoms with Crippen molar-refractivity contribution in [2.24, 2.45) is 0 Å². The number of aromatic nitrogens is 2. The third-order valence-electron chi connectivity index (χ3n) is 4.80. The van der Waals surface area contributed by atoms with Gasteiger partial charge in [0, 0.05) is 25.2 Å². The van der Waals surface area contributed by atoms with E-state index in [-0.39, 0.29) is 6.61 Å². The van der Waals surface area contributed by atoms with E-state index in [9.17, 15) is 5.11 Å². The maximum atomic E-state index is 9.63. The molecule has 1 aromatic carbocycles. The average molecular weight is 356 g/mol. The van der Waals surface area contributed by atoms with Gasteiger partial charge in [0.15, 0.2) is 0 Å². The number of aryl methyl sites for hydroxylation is 1. The first-order valence-corrected chi connectivity index (χ1v) is 9.27. The second-order valence-corrected chi connectivity index (χ2v) is 6.64. The number of anilines is 1. The van der Waals surface area contributed by atoms with Crippen molar-refractivity contribution < 1.29 is 9.84 Å². The number of hydrogen-bond donors (Lipinski definition) is 2. The Bertz CT molecular complexity index is 751. The Hall–Kier alpha value is -2.18. The van der Waals surface area contributed by atoms with Gasteiger partial charge in [-0.3, -0.25) is 4.90 Å². The van der Waals surface area contributed by atoms with E-state index in [1.54, 1.807) is 0 Å². The second-order valence-electron chi connectivity index (χ2n) is 6.64. The van der Waals surface area contributed by atoms with Crippen molar-refractivity contribution in [3.63, 3.8) is 0 Å². The minimum Gasteiger partial charge on any atom is -0.494 e. The highest BCUT2D eigenvalue weighted by molar-refractivity contribution is 5.38. The Morgan fingerprint density at radius 2 is 2.15 bits per heavy atom. The molecule has 0 amide bonds. The summed E-state index contributed by atoms with van der Waals surface area (Å²) in [6.45, 7) is 6.35. The van der Waals surface area contributed by atoms with E-state index in [4.69, 9.17) is 4.74 Å². The first-order chi connectivity index (χ1) is 12.6. The number of aliphatic hydroxyl groups is 1. The van der Waals surface area contributed by atoms with Crippen molar-refractivity contribution >= 4 is 5.82 Å². The maximum Gasteiger partial charge on any atom is 0.129 e. The van der Waals surface area contributed by atoms with Gasteiger partial charge >= 0.3 is 0 Å². The second kappa shape index (κ2) is 8.47. The highest BCUT2D eigenvalue weighted by Gasteiger charge is 2.28. The summed E-state index contributed by atoms with van der Waals surface area (Å²) in [7, 11) is 1.88. The predicted octanol–water partition coefficient (Wildman–Crippen LogP) is 3.05. The Kier molecular flexibility index (Phi) is 6.06. The standard InChI is InChI=1S/C20H28N4O2/c1-4-26-19-8-7-15(10-16(19)13-25)12-24-9-5-6-18(24)17-11-20(21-3)23-14(2)22-17/h7-8,10-11,18,25H,4-6,9,12-13H2,1-3H3,(H,21,22,23)/t18-/m0/s1. The highest BCUT2D eigenvalue weighted by atomic mass is 16.5. The van der Waals surface area contributed by atoms with Crippen molar-refractivity contribution in [2.75, 3.05) is 25.5 Å². The molecule has 26 heavy (non-hydrogen) atoms. The quantitative estimate of drug-likeness (QED) is 0.795. The number of rotatable bonds is 7. The third-order valence-corrected chi connectivity index (χ3v) is 4.80. The van der Waals surface area contributed by atoms with Crippen LogP contribution in [0.15, 0.2) is 24.3 Å². The van der Waals surface area contributed by atoms with Crippen LogP contribution < -0.4 is 10.1 Å². The van der Waals surface area contributed by atoms with Crippen LogP contribution in [0.1, 0.15) is 48.5 Å². The van der Waals surface area contributed by atoms with E-state index in [1.807, 2.05) is 39.1 Å². The fourth-order valence-electron chi connectivity index (χ4n) is 3.63. The van der Waals surface area contributed by atoms with E-state index in [2.05, 4.69) is 26.3 Å². The summed E-state index contributed by atoms with van der Waals surface area (Å²) in [5.74, 6) is 2.42. The molecule has 0 saturated carbocycles. The van der Waals surface area contributed by atoms with Gasteiger partial charge in [-0.05, 0) is 50.9 Å². The lowest BCUT2D eigenvalue weighted by Crippen LogP contribution is -2.24. The van der Waals surface area contributed by atoms with E-state index in [0.717, 1.165) is 54.6 Å². The average Bonchev–Trinajstić information content (AvgIpc) is 3.10. The molecule has 2 aromatic rings. The first kappa shape index (κ1) is 18.6. The summed E-state index contributed by atoms with van der Waals surface area (Å²) in [6.07, 6.45) is 2.26. The summed E-state index contributed by atoms with van der Waals surface area (Å²) >= 11 is 0. The summed E-state index contributed by atoms with van der Waals surface area (Å²) in [5, 5.41) is 12.7. The first-order valence-electron chi connectivity index (χ1n) is 9.27. The molecule has 1 aromatic heterocycles. The van der Waals surface area contributed by atoms with Gasteiger partial charge in [-0.15, -0.1) is 0 Å². The number of likely N-dealkylation sites (tertiary alicyclic amines) is 1. The lowest BCUT2D eigenvalue weighted by Gasteiger charge is -2.25. The van der Waals surface area contributed by atoms with Crippen molar-refractivity contribution in [1.82, 2.24) is 14.9 Å². The van der Waals surface area contributed by atoms with Gasteiger partial charge < -0.3 is 15.2 Å². The third kappa shape index (κ3) is 4.14. The van der Waals surface area contributed by atoms with Crippen LogP contribution in [-0.4, -0.2) is 40.2 Å². The zero-order chi connectivity index (χ0) is 18.5. The van der Waals surface area contributed by atoms with E-state index in [1.165, 1.54) is 5.56 Å². The minimum atomic E-state index is -0.0107. The molecule has 0 unspecified atom stereocenters. The molecule has 1 fully saturated rings. The molecule has 1 atom stereocenters. The minimum absolute atomic E-state index is 0.0107. The Balaban J connectivity index is 1.80. The molecule has 3 rings (SSSR count). The zero-order valence-electron chi connectivity index (χ0n) is 15.8. The van der Waals surface area contributed by atoms with Gasteiger partial charge in [0.05, 0.1) is 24.9 Å². The number of nitrogens with one attached hydrogen (secondary N) is 1. The number of nitrogens with zero attached hydrogens (tertiary/aromatic N) is 3.